The van der Waals surface area contributed by atoms with E-state index in [1.165, 1.54) is 42.5 Å². The van der Waals surface area contributed by atoms with Crippen LogP contribution in [0.2, 0.25) is 0 Å². The van der Waals surface area contributed by atoms with Gasteiger partial charge in [0.15, 0.2) is 11.5 Å². The second kappa shape index (κ2) is 12.6. The molecule has 0 aliphatic rings. The molecular formula is C28H25N3O6. The summed E-state index contributed by atoms with van der Waals surface area (Å²) < 4.78 is 11.8. The van der Waals surface area contributed by atoms with E-state index in [1.807, 2.05) is 13.0 Å². The number of amides is 1. The number of rotatable bonds is 11. The van der Waals surface area contributed by atoms with Gasteiger partial charge in [-0.2, -0.15) is 5.26 Å². The molecule has 0 saturated carbocycles. The summed E-state index contributed by atoms with van der Waals surface area (Å²) in [5.41, 5.74) is 2.12. The Balaban J connectivity index is 1.92. The highest BCUT2D eigenvalue weighted by molar-refractivity contribution is 6.09. The monoisotopic (exact) mass is 499 g/mol. The molecule has 0 aromatic heterocycles. The van der Waals surface area contributed by atoms with E-state index in [0.29, 0.717) is 46.9 Å². The number of nitriles is 1. The van der Waals surface area contributed by atoms with Crippen LogP contribution in [0.5, 0.6) is 17.2 Å². The quantitative estimate of drug-likeness (QED) is 0.0881. The summed E-state index contributed by atoms with van der Waals surface area (Å²) in [6.07, 6.45) is 3.53. The number of allylic oxidation sites excluding steroid dienone is 1. The molecule has 37 heavy (non-hydrogen) atoms. The van der Waals surface area contributed by atoms with Crippen LogP contribution in [0.4, 0.5) is 11.4 Å². The molecule has 0 aliphatic carbocycles. The zero-order valence-corrected chi connectivity index (χ0v) is 20.1. The molecule has 0 radical (unpaired) electrons. The summed E-state index contributed by atoms with van der Waals surface area (Å²) in [6.45, 7) is 6.00. The molecule has 1 amide bonds. The van der Waals surface area contributed by atoms with Gasteiger partial charge in [0.1, 0.15) is 24.0 Å². The van der Waals surface area contributed by atoms with Crippen LogP contribution in [-0.2, 0) is 17.8 Å². The number of phenolic OH excluding ortho intramolecular Hbond substituents is 1. The van der Waals surface area contributed by atoms with Crippen molar-refractivity contribution in [2.75, 3.05) is 11.9 Å². The summed E-state index contributed by atoms with van der Waals surface area (Å²) in [7, 11) is 0. The number of carbonyl (C=O) groups excluding carboxylic acids is 1. The van der Waals surface area contributed by atoms with Gasteiger partial charge >= 0.3 is 0 Å². The number of nitrogens with one attached hydrogen (secondary N) is 1. The van der Waals surface area contributed by atoms with E-state index >= 15 is 0 Å². The van der Waals surface area contributed by atoms with Crippen molar-refractivity contribution in [2.24, 2.45) is 0 Å². The van der Waals surface area contributed by atoms with Gasteiger partial charge in [0.2, 0.25) is 0 Å². The molecule has 0 fully saturated rings. The Hall–Kier alpha value is -5.10. The molecule has 0 atom stereocenters. The van der Waals surface area contributed by atoms with Gasteiger partial charge in [-0.05, 0) is 66.9 Å². The minimum Gasteiger partial charge on any atom is -0.508 e. The highest BCUT2D eigenvalue weighted by Crippen LogP contribution is 2.35. The Morgan fingerprint density at radius 3 is 2.59 bits per heavy atom. The fourth-order valence-electron chi connectivity index (χ4n) is 3.47. The molecule has 9 nitrogen and oxygen atoms in total. The van der Waals surface area contributed by atoms with Crippen LogP contribution < -0.4 is 14.8 Å². The molecule has 2 N–H and O–H groups in total. The number of ether oxygens (including phenoxy) is 2. The Kier molecular flexibility index (Phi) is 9.00. The van der Waals surface area contributed by atoms with Crippen molar-refractivity contribution in [3.8, 4) is 23.3 Å². The van der Waals surface area contributed by atoms with Crippen molar-refractivity contribution >= 4 is 23.4 Å². The third kappa shape index (κ3) is 7.19. The Morgan fingerprint density at radius 1 is 1.19 bits per heavy atom. The van der Waals surface area contributed by atoms with E-state index in [2.05, 4.69) is 11.9 Å². The number of benzene rings is 3. The number of nitrogens with zero attached hydrogens (tertiary/aromatic N) is 2. The average molecular weight is 500 g/mol. The summed E-state index contributed by atoms with van der Waals surface area (Å²) in [5.74, 6) is 0.287. The number of hydrogen-bond acceptors (Lipinski definition) is 7. The summed E-state index contributed by atoms with van der Waals surface area (Å²) >= 11 is 0. The fraction of sp³-hybridized carbons (Fsp3) is 0.143. The SMILES string of the molecule is C=CCc1cc(C=C(C#N)C(=O)Nc2ccc(O)cc2)cc(OCC)c1OCc1cccc([N+](=O)[O-])c1. The minimum atomic E-state index is -0.609. The Bertz CT molecular complexity index is 1370. The fourth-order valence-corrected chi connectivity index (χ4v) is 3.47. The topological polar surface area (TPSA) is 135 Å². The molecule has 0 spiro atoms. The third-order valence-corrected chi connectivity index (χ3v) is 5.12. The lowest BCUT2D eigenvalue weighted by molar-refractivity contribution is -0.384. The van der Waals surface area contributed by atoms with Crippen LogP contribution in [0, 0.1) is 21.4 Å². The normalized spacial score (nSPS) is 10.8. The van der Waals surface area contributed by atoms with E-state index in [0.717, 1.165) is 0 Å². The molecule has 188 valence electrons. The molecule has 3 rings (SSSR count). The average Bonchev–Trinajstić information content (AvgIpc) is 2.88. The maximum Gasteiger partial charge on any atom is 0.269 e. The number of hydrogen-bond donors (Lipinski definition) is 2. The molecule has 0 unspecified atom stereocenters. The lowest BCUT2D eigenvalue weighted by Gasteiger charge is -2.17. The van der Waals surface area contributed by atoms with Gasteiger partial charge in [-0.25, -0.2) is 0 Å². The first-order valence-corrected chi connectivity index (χ1v) is 11.3. The lowest BCUT2D eigenvalue weighted by Crippen LogP contribution is -2.13. The van der Waals surface area contributed by atoms with Gasteiger partial charge in [0.25, 0.3) is 11.6 Å². The van der Waals surface area contributed by atoms with Gasteiger partial charge < -0.3 is 19.9 Å². The first kappa shape index (κ1) is 26.5. The highest BCUT2D eigenvalue weighted by atomic mass is 16.6. The van der Waals surface area contributed by atoms with Gasteiger partial charge in [-0.15, -0.1) is 6.58 Å². The van der Waals surface area contributed by atoms with Crippen LogP contribution >= 0.6 is 0 Å². The highest BCUT2D eigenvalue weighted by Gasteiger charge is 2.16. The predicted octanol–water partition coefficient (Wildman–Crippen LogP) is 5.55. The van der Waals surface area contributed by atoms with E-state index in [9.17, 15) is 25.3 Å². The van der Waals surface area contributed by atoms with Gasteiger partial charge in [0, 0.05) is 23.4 Å². The maximum atomic E-state index is 12.7. The van der Waals surface area contributed by atoms with Gasteiger partial charge in [0.05, 0.1) is 11.5 Å². The second-order valence-electron chi connectivity index (χ2n) is 7.82. The molecule has 3 aromatic carbocycles. The van der Waals surface area contributed by atoms with Crippen molar-refractivity contribution < 1.29 is 24.3 Å². The number of nitro groups is 1. The molecule has 9 heteroatoms. The number of anilines is 1. The summed E-state index contributed by atoms with van der Waals surface area (Å²) in [6, 6.07) is 17.4. The van der Waals surface area contributed by atoms with Crippen LogP contribution in [0.3, 0.4) is 0 Å². The molecule has 0 bridgehead atoms. The number of carbonyl (C=O) groups is 1. The predicted molar refractivity (Wildman–Crippen MR) is 139 cm³/mol. The molecule has 0 aliphatic heterocycles. The van der Waals surface area contributed by atoms with Crippen LogP contribution in [-0.4, -0.2) is 22.5 Å². The number of phenols is 1. The maximum absolute atomic E-state index is 12.7. The van der Waals surface area contributed by atoms with Crippen LogP contribution in [0.25, 0.3) is 6.08 Å². The largest absolute Gasteiger partial charge is 0.508 e. The standard InChI is InChI=1S/C28H25N3O6/c1-3-6-21-13-20(14-22(17-29)28(33)30-23-9-11-25(32)12-10-23)16-26(36-4-2)27(21)37-18-19-7-5-8-24(15-19)31(34)35/h3,5,7-16,32H,1,4,6,18H2,2H3,(H,30,33). The van der Waals surface area contributed by atoms with Crippen molar-refractivity contribution in [3.05, 3.63) is 106 Å². The first-order valence-electron chi connectivity index (χ1n) is 11.3. The molecule has 0 saturated heterocycles. The van der Waals surface area contributed by atoms with E-state index in [4.69, 9.17) is 9.47 Å². The summed E-state index contributed by atoms with van der Waals surface area (Å²) in [4.78, 5) is 23.3. The second-order valence-corrected chi connectivity index (χ2v) is 7.82. The smallest absolute Gasteiger partial charge is 0.269 e. The van der Waals surface area contributed by atoms with Gasteiger partial charge in [-0.1, -0.05) is 18.2 Å². The minimum absolute atomic E-state index is 0.0347. The zero-order chi connectivity index (χ0) is 26.8. The van der Waals surface area contributed by atoms with Crippen LogP contribution in [0.1, 0.15) is 23.6 Å². The van der Waals surface area contributed by atoms with Gasteiger partial charge in [-0.3, -0.25) is 14.9 Å². The van der Waals surface area contributed by atoms with Crippen molar-refractivity contribution in [1.29, 1.82) is 5.26 Å². The molecular weight excluding hydrogens is 474 g/mol. The van der Waals surface area contributed by atoms with Crippen molar-refractivity contribution in [3.63, 3.8) is 0 Å². The Labute approximate surface area is 214 Å². The van der Waals surface area contributed by atoms with Crippen LogP contribution in [0.15, 0.2) is 78.9 Å². The zero-order valence-electron chi connectivity index (χ0n) is 20.1. The van der Waals surface area contributed by atoms with Crippen molar-refractivity contribution in [1.82, 2.24) is 0 Å². The number of non-ortho nitro benzene ring substituents is 1. The lowest BCUT2D eigenvalue weighted by atomic mass is 10.0. The van der Waals surface area contributed by atoms with E-state index in [1.54, 1.807) is 30.3 Å². The molecule has 0 heterocycles. The van der Waals surface area contributed by atoms with E-state index < -0.39 is 10.8 Å². The number of nitro benzene ring substituents is 1. The summed E-state index contributed by atoms with van der Waals surface area (Å²) in [5, 5.41) is 32.7. The van der Waals surface area contributed by atoms with E-state index in [-0.39, 0.29) is 23.6 Å². The Morgan fingerprint density at radius 2 is 1.95 bits per heavy atom. The number of aromatic hydroxyl groups is 1. The van der Waals surface area contributed by atoms with Crippen molar-refractivity contribution in [2.45, 2.75) is 20.0 Å². The first-order chi connectivity index (χ1) is 17.8. The molecule has 3 aromatic rings. The third-order valence-electron chi connectivity index (χ3n) is 5.12.